The van der Waals surface area contributed by atoms with Gasteiger partial charge in [0.1, 0.15) is 6.61 Å². The molecule has 0 unspecified atom stereocenters. The third kappa shape index (κ3) is 3.57. The fourth-order valence-corrected chi connectivity index (χ4v) is 1.14. The Labute approximate surface area is 97.4 Å². The molecule has 0 amide bonds. The van der Waals surface area contributed by atoms with Crippen LogP contribution in [0.3, 0.4) is 0 Å². The van der Waals surface area contributed by atoms with Crippen molar-refractivity contribution in [2.75, 3.05) is 6.61 Å². The zero-order valence-electron chi connectivity index (χ0n) is 7.66. The lowest BCUT2D eigenvalue weighted by Gasteiger charge is -2.21. The third-order valence-electron chi connectivity index (χ3n) is 1.89. The first-order chi connectivity index (χ1) is 6.47. The summed E-state index contributed by atoms with van der Waals surface area (Å²) >= 11 is 5.59. The van der Waals surface area contributed by atoms with Crippen molar-refractivity contribution in [3.63, 3.8) is 0 Å². The highest BCUT2D eigenvalue weighted by atomic mass is 35.5. The van der Waals surface area contributed by atoms with Crippen LogP contribution < -0.4 is 5.73 Å². The molecule has 1 aromatic rings. The van der Waals surface area contributed by atoms with Crippen LogP contribution >= 0.6 is 24.0 Å². The van der Waals surface area contributed by atoms with Crippen LogP contribution in [-0.2, 0) is 0 Å². The van der Waals surface area contributed by atoms with Gasteiger partial charge in [-0.05, 0) is 17.7 Å². The van der Waals surface area contributed by atoms with E-state index in [1.165, 1.54) is 24.3 Å². The second-order valence-electron chi connectivity index (χ2n) is 2.95. The van der Waals surface area contributed by atoms with E-state index in [2.05, 4.69) is 0 Å². The largest absolute Gasteiger partial charge is 0.390 e. The highest BCUT2D eigenvalue weighted by Crippen LogP contribution is 2.29. The molecule has 0 heterocycles. The molecule has 0 spiro atoms. The predicted octanol–water partition coefficient (Wildman–Crippen LogP) is 2.39. The second-order valence-corrected chi connectivity index (χ2v) is 3.38. The molecule has 0 fully saturated rings. The van der Waals surface area contributed by atoms with Crippen molar-refractivity contribution in [2.24, 2.45) is 5.73 Å². The Kier molecular flexibility index (Phi) is 5.45. The summed E-state index contributed by atoms with van der Waals surface area (Å²) in [6, 6.07) is 4.27. The maximum Gasteiger partial charge on any atom is 0.289 e. The molecular formula is C9H11Cl2F2NO. The van der Waals surface area contributed by atoms with E-state index < -0.39 is 18.6 Å². The fraction of sp³-hybridized carbons (Fsp3) is 0.333. The SMILES string of the molecule is Cl.N[C@@H](c1ccc(Cl)cc1)C(F)(F)CO. The first kappa shape index (κ1) is 14.6. The van der Waals surface area contributed by atoms with E-state index in [1.807, 2.05) is 0 Å². The number of aliphatic hydroxyl groups is 1. The third-order valence-corrected chi connectivity index (χ3v) is 2.15. The predicted molar refractivity (Wildman–Crippen MR) is 57.7 cm³/mol. The number of halogens is 4. The van der Waals surface area contributed by atoms with Crippen molar-refractivity contribution in [1.82, 2.24) is 0 Å². The van der Waals surface area contributed by atoms with Gasteiger partial charge in [0.25, 0.3) is 5.92 Å². The van der Waals surface area contributed by atoms with Crippen LogP contribution in [0.1, 0.15) is 11.6 Å². The van der Waals surface area contributed by atoms with Gasteiger partial charge in [-0.2, -0.15) is 0 Å². The minimum Gasteiger partial charge on any atom is -0.390 e. The van der Waals surface area contributed by atoms with E-state index in [1.54, 1.807) is 0 Å². The Bertz CT molecular complexity index is 305. The number of hydrogen-bond donors (Lipinski definition) is 2. The zero-order valence-corrected chi connectivity index (χ0v) is 9.23. The van der Waals surface area contributed by atoms with Gasteiger partial charge in [0.05, 0.1) is 6.04 Å². The lowest BCUT2D eigenvalue weighted by Crippen LogP contribution is -2.36. The van der Waals surface area contributed by atoms with Gasteiger partial charge in [-0.15, -0.1) is 12.4 Å². The summed E-state index contributed by atoms with van der Waals surface area (Å²) in [5, 5.41) is 8.88. The normalized spacial score (nSPS) is 13.1. The first-order valence-electron chi connectivity index (χ1n) is 3.97. The lowest BCUT2D eigenvalue weighted by molar-refractivity contribution is -0.0711. The lowest BCUT2D eigenvalue weighted by atomic mass is 10.0. The topological polar surface area (TPSA) is 46.2 Å². The minimum absolute atomic E-state index is 0. The number of aliphatic hydroxyl groups excluding tert-OH is 1. The standard InChI is InChI=1S/C9H10ClF2NO.ClH/c10-7-3-1-6(2-4-7)8(13)9(11,12)5-14;/h1-4,8,14H,5,13H2;1H/t8-;/m0./s1. The van der Waals surface area contributed by atoms with Gasteiger partial charge in [0, 0.05) is 5.02 Å². The minimum atomic E-state index is -3.31. The van der Waals surface area contributed by atoms with Crippen molar-refractivity contribution in [2.45, 2.75) is 12.0 Å². The van der Waals surface area contributed by atoms with Gasteiger partial charge < -0.3 is 10.8 Å². The van der Waals surface area contributed by atoms with Crippen molar-refractivity contribution >= 4 is 24.0 Å². The Morgan fingerprint density at radius 1 is 1.33 bits per heavy atom. The first-order valence-corrected chi connectivity index (χ1v) is 4.35. The molecular weight excluding hydrogens is 247 g/mol. The molecule has 1 rings (SSSR count). The molecule has 0 saturated carbocycles. The highest BCUT2D eigenvalue weighted by molar-refractivity contribution is 6.30. The molecule has 0 radical (unpaired) electrons. The van der Waals surface area contributed by atoms with E-state index in [0.29, 0.717) is 5.02 Å². The molecule has 0 saturated heterocycles. The summed E-state index contributed by atoms with van der Waals surface area (Å²) in [7, 11) is 0. The molecule has 15 heavy (non-hydrogen) atoms. The van der Waals surface area contributed by atoms with Crippen LogP contribution in [0, 0.1) is 0 Å². The monoisotopic (exact) mass is 257 g/mol. The highest BCUT2D eigenvalue weighted by Gasteiger charge is 2.37. The van der Waals surface area contributed by atoms with Gasteiger partial charge in [-0.3, -0.25) is 0 Å². The molecule has 86 valence electrons. The van der Waals surface area contributed by atoms with Gasteiger partial charge >= 0.3 is 0 Å². The number of nitrogens with two attached hydrogens (primary N) is 1. The quantitative estimate of drug-likeness (QED) is 0.874. The average molecular weight is 258 g/mol. The van der Waals surface area contributed by atoms with Gasteiger partial charge in [0.15, 0.2) is 0 Å². The summed E-state index contributed by atoms with van der Waals surface area (Å²) in [5.41, 5.74) is 5.52. The Balaban J connectivity index is 0.00000196. The molecule has 0 bridgehead atoms. The Morgan fingerprint density at radius 2 is 1.80 bits per heavy atom. The Hall–Kier alpha value is -0.420. The molecule has 2 nitrogen and oxygen atoms in total. The van der Waals surface area contributed by atoms with Crippen LogP contribution in [0.4, 0.5) is 8.78 Å². The van der Waals surface area contributed by atoms with Crippen molar-refractivity contribution < 1.29 is 13.9 Å². The molecule has 1 aromatic carbocycles. The fourth-order valence-electron chi connectivity index (χ4n) is 1.01. The van der Waals surface area contributed by atoms with E-state index in [-0.39, 0.29) is 18.0 Å². The van der Waals surface area contributed by atoms with Gasteiger partial charge in [-0.1, -0.05) is 23.7 Å². The number of hydrogen-bond acceptors (Lipinski definition) is 2. The van der Waals surface area contributed by atoms with E-state index in [9.17, 15) is 8.78 Å². The second kappa shape index (κ2) is 5.61. The maximum absolute atomic E-state index is 12.9. The molecule has 0 aromatic heterocycles. The number of alkyl halides is 2. The van der Waals surface area contributed by atoms with Crippen molar-refractivity contribution in [3.8, 4) is 0 Å². The van der Waals surface area contributed by atoms with E-state index >= 15 is 0 Å². The zero-order chi connectivity index (χ0) is 10.8. The molecule has 3 N–H and O–H groups in total. The van der Waals surface area contributed by atoms with Crippen LogP contribution in [0.2, 0.25) is 5.02 Å². The molecule has 1 atom stereocenters. The van der Waals surface area contributed by atoms with Crippen molar-refractivity contribution in [1.29, 1.82) is 0 Å². The summed E-state index contributed by atoms with van der Waals surface area (Å²) in [6.45, 7) is -1.27. The smallest absolute Gasteiger partial charge is 0.289 e. The van der Waals surface area contributed by atoms with Crippen LogP contribution in [-0.4, -0.2) is 17.6 Å². The van der Waals surface area contributed by atoms with Crippen molar-refractivity contribution in [3.05, 3.63) is 34.9 Å². The average Bonchev–Trinajstić information content (AvgIpc) is 2.18. The molecule has 0 aliphatic carbocycles. The van der Waals surface area contributed by atoms with Crippen LogP contribution in [0.25, 0.3) is 0 Å². The van der Waals surface area contributed by atoms with Gasteiger partial charge in [0.2, 0.25) is 0 Å². The van der Waals surface area contributed by atoms with Crippen LogP contribution in [0.15, 0.2) is 24.3 Å². The van der Waals surface area contributed by atoms with Gasteiger partial charge in [-0.25, -0.2) is 8.78 Å². The molecule has 0 aliphatic heterocycles. The maximum atomic E-state index is 12.9. The summed E-state index contributed by atoms with van der Waals surface area (Å²) in [5.74, 6) is -3.31. The number of benzene rings is 1. The molecule has 0 aliphatic rings. The molecule has 6 heteroatoms. The Morgan fingerprint density at radius 3 is 2.20 bits per heavy atom. The van der Waals surface area contributed by atoms with Crippen LogP contribution in [0.5, 0.6) is 0 Å². The summed E-state index contributed by atoms with van der Waals surface area (Å²) < 4.78 is 25.8. The number of rotatable bonds is 3. The van der Waals surface area contributed by atoms with E-state index in [4.69, 9.17) is 22.4 Å². The summed E-state index contributed by atoms with van der Waals surface area (Å²) in [4.78, 5) is 0. The summed E-state index contributed by atoms with van der Waals surface area (Å²) in [6.07, 6.45) is 0. The van der Waals surface area contributed by atoms with E-state index in [0.717, 1.165) is 0 Å².